The molecule has 2 N–H and O–H groups in total. The summed E-state index contributed by atoms with van der Waals surface area (Å²) in [7, 11) is -0.427. The van der Waals surface area contributed by atoms with E-state index in [1.165, 1.54) is 7.11 Å². The summed E-state index contributed by atoms with van der Waals surface area (Å²) in [4.78, 5) is 14.8. The number of alkyl halides is 1. The largest absolute Gasteiger partial charge is 0.496 e. The number of likely N-dealkylation sites (N-methyl/N-ethyl adjacent to an activating group) is 1. The number of carbonyl (C=O) groups excluding carboxylic acids is 1. The van der Waals surface area contributed by atoms with Gasteiger partial charge in [-0.15, -0.1) is 0 Å². The molecule has 1 unspecified atom stereocenters. The number of carbonyl (C=O) groups is 1. The van der Waals surface area contributed by atoms with Gasteiger partial charge in [-0.05, 0) is 37.6 Å². The number of nitrogens with one attached hydrogen (secondary N) is 1. The fourth-order valence-corrected chi connectivity index (χ4v) is 5.01. The summed E-state index contributed by atoms with van der Waals surface area (Å²) in [6.45, 7) is 14.0. The van der Waals surface area contributed by atoms with Gasteiger partial charge >= 0.3 is 0 Å². The molecular weight excluding hydrogens is 428 g/mol. The minimum absolute atomic E-state index is 0.00464. The Kier molecular flexibility index (Phi) is 6.88. The maximum absolute atomic E-state index is 12.8. The second-order valence-corrected chi connectivity index (χ2v) is 14.5. The van der Waals surface area contributed by atoms with E-state index in [9.17, 15) is 9.90 Å². The Morgan fingerprint density at radius 3 is 2.59 bits per heavy atom. The number of ether oxygens (including phenoxy) is 1. The normalized spacial score (nSPS) is 26.0. The number of allylic oxidation sites excluding steroid dienone is 1. The molecule has 2 aliphatic rings. The zero-order valence-electron chi connectivity index (χ0n) is 17.4. The maximum atomic E-state index is 12.8. The van der Waals surface area contributed by atoms with Crippen molar-refractivity contribution in [1.82, 2.24) is 10.2 Å². The number of hydrogen-bond donors (Lipinski definition) is 2. The molecule has 2 aliphatic heterocycles. The van der Waals surface area contributed by atoms with Crippen molar-refractivity contribution in [2.75, 3.05) is 20.3 Å². The van der Waals surface area contributed by atoms with Crippen LogP contribution in [0, 0.1) is 0 Å². The minimum atomic E-state index is -1.91. The molecule has 0 radical (unpaired) electrons. The summed E-state index contributed by atoms with van der Waals surface area (Å²) >= 11 is 3.70. The lowest BCUT2D eigenvalue weighted by molar-refractivity contribution is -0.119. The van der Waals surface area contributed by atoms with Crippen molar-refractivity contribution < 1.29 is 19.1 Å². The quantitative estimate of drug-likeness (QED) is 0.470. The van der Waals surface area contributed by atoms with Crippen LogP contribution < -0.4 is 5.32 Å². The van der Waals surface area contributed by atoms with Crippen molar-refractivity contribution in [2.24, 2.45) is 0 Å². The predicted octanol–water partition coefficient (Wildman–Crippen LogP) is 3.10. The smallest absolute Gasteiger partial charge is 0.271 e. The number of nitrogens with zero attached hydrogens (tertiary/aromatic N) is 1. The van der Waals surface area contributed by atoms with Crippen molar-refractivity contribution in [3.05, 3.63) is 23.2 Å². The highest BCUT2D eigenvalue weighted by Crippen LogP contribution is 2.42. The highest BCUT2D eigenvalue weighted by atomic mass is 79.9. The third kappa shape index (κ3) is 4.44. The molecule has 2 heterocycles. The van der Waals surface area contributed by atoms with Gasteiger partial charge in [-0.2, -0.15) is 0 Å². The molecule has 1 saturated heterocycles. The van der Waals surface area contributed by atoms with Crippen molar-refractivity contribution in [1.29, 1.82) is 0 Å². The molecule has 1 fully saturated rings. The molecule has 154 valence electrons. The first kappa shape index (κ1) is 22.5. The number of methoxy groups -OCH3 is 1. The highest BCUT2D eigenvalue weighted by molar-refractivity contribution is 9.09. The number of amides is 1. The van der Waals surface area contributed by atoms with E-state index in [1.807, 2.05) is 11.8 Å². The first-order chi connectivity index (χ1) is 12.4. The lowest BCUT2D eigenvalue weighted by Crippen LogP contribution is -2.47. The summed E-state index contributed by atoms with van der Waals surface area (Å²) in [6.07, 6.45) is 1.62. The summed E-state index contributed by atoms with van der Waals surface area (Å²) in [6, 6.07) is 0.00464. The Labute approximate surface area is 172 Å². The van der Waals surface area contributed by atoms with Crippen LogP contribution in [0.2, 0.25) is 18.1 Å². The fraction of sp³-hybridized carbons (Fsp3) is 0.737. The molecule has 27 heavy (non-hydrogen) atoms. The van der Waals surface area contributed by atoms with Gasteiger partial charge in [0.2, 0.25) is 0 Å². The van der Waals surface area contributed by atoms with Crippen molar-refractivity contribution >= 4 is 30.2 Å². The van der Waals surface area contributed by atoms with Crippen LogP contribution >= 0.6 is 15.9 Å². The summed E-state index contributed by atoms with van der Waals surface area (Å²) in [5.74, 6) is 0.0431. The van der Waals surface area contributed by atoms with Crippen LogP contribution in [0.25, 0.3) is 0 Å². The van der Waals surface area contributed by atoms with Crippen LogP contribution in [0.3, 0.4) is 0 Å². The highest BCUT2D eigenvalue weighted by Gasteiger charge is 2.46. The van der Waals surface area contributed by atoms with Gasteiger partial charge in [0.15, 0.2) is 14.1 Å². The van der Waals surface area contributed by atoms with E-state index in [0.29, 0.717) is 18.8 Å². The zero-order valence-corrected chi connectivity index (χ0v) is 20.0. The monoisotopic (exact) mass is 460 g/mol. The maximum Gasteiger partial charge on any atom is 0.271 e. The Morgan fingerprint density at radius 1 is 1.44 bits per heavy atom. The first-order valence-corrected chi connectivity index (χ1v) is 13.3. The molecule has 8 heteroatoms. The average molecular weight is 461 g/mol. The van der Waals surface area contributed by atoms with Gasteiger partial charge in [0, 0.05) is 12.2 Å². The van der Waals surface area contributed by atoms with E-state index in [2.05, 4.69) is 55.1 Å². The molecule has 6 nitrogen and oxygen atoms in total. The molecule has 2 rings (SSSR count). The lowest BCUT2D eigenvalue weighted by Gasteiger charge is -2.39. The number of halogens is 1. The lowest BCUT2D eigenvalue weighted by atomic mass is 10.1. The molecule has 0 spiro atoms. The number of aliphatic hydroxyl groups is 1. The molecule has 1 amide bonds. The standard InChI is InChI=1S/C19H33BrN2O4Si/c1-8-21-18(24)16-17(25-5)15(23)10-14-13(20)9-12(22(14)16)11-26-27(6,7)19(2,3)4/h10,12-13,15,23H,8-9,11H2,1-7H3,(H,21,24)/t12-,13-,15?/m0/s1. The van der Waals surface area contributed by atoms with Crippen LogP contribution in [0.4, 0.5) is 0 Å². The van der Waals surface area contributed by atoms with Crippen LogP contribution in [0.1, 0.15) is 34.1 Å². The van der Waals surface area contributed by atoms with Crippen LogP contribution in [-0.2, 0) is 14.0 Å². The summed E-state index contributed by atoms with van der Waals surface area (Å²) < 4.78 is 11.9. The number of fused-ring (bicyclic) bond motifs is 1. The third-order valence-electron chi connectivity index (χ3n) is 5.73. The van der Waals surface area contributed by atoms with E-state index in [-0.39, 0.29) is 27.6 Å². The van der Waals surface area contributed by atoms with Crippen LogP contribution in [0.5, 0.6) is 0 Å². The van der Waals surface area contributed by atoms with Gasteiger partial charge in [0.05, 0.1) is 24.6 Å². The first-order valence-electron chi connectivity index (χ1n) is 9.48. The van der Waals surface area contributed by atoms with Gasteiger partial charge in [0.1, 0.15) is 11.8 Å². The molecular formula is C19H33BrN2O4Si. The van der Waals surface area contributed by atoms with E-state index in [4.69, 9.17) is 9.16 Å². The zero-order chi connectivity index (χ0) is 20.6. The van der Waals surface area contributed by atoms with Gasteiger partial charge in [-0.3, -0.25) is 4.79 Å². The molecule has 0 aromatic rings. The van der Waals surface area contributed by atoms with Gasteiger partial charge in [-0.1, -0.05) is 36.7 Å². The van der Waals surface area contributed by atoms with Crippen LogP contribution in [0.15, 0.2) is 23.2 Å². The summed E-state index contributed by atoms with van der Waals surface area (Å²) in [5.41, 5.74) is 1.28. The number of rotatable bonds is 6. The second kappa shape index (κ2) is 8.27. The van der Waals surface area contributed by atoms with Gasteiger partial charge < -0.3 is 24.5 Å². The Balaban J connectivity index is 2.35. The number of hydrogen-bond acceptors (Lipinski definition) is 5. The van der Waals surface area contributed by atoms with E-state index in [0.717, 1.165) is 12.1 Å². The Hall–Kier alpha value is -0.833. The van der Waals surface area contributed by atoms with E-state index < -0.39 is 14.4 Å². The minimum Gasteiger partial charge on any atom is -0.496 e. The Bertz CT molecular complexity index is 642. The van der Waals surface area contributed by atoms with Crippen molar-refractivity contribution in [3.63, 3.8) is 0 Å². The molecule has 0 saturated carbocycles. The molecule has 0 aromatic carbocycles. The Morgan fingerprint density at radius 2 is 2.07 bits per heavy atom. The molecule has 0 aromatic heterocycles. The van der Waals surface area contributed by atoms with Crippen molar-refractivity contribution in [3.8, 4) is 0 Å². The second-order valence-electron chi connectivity index (χ2n) is 8.61. The van der Waals surface area contributed by atoms with Crippen LogP contribution in [-0.4, -0.2) is 61.5 Å². The van der Waals surface area contributed by atoms with Crippen molar-refractivity contribution in [2.45, 2.75) is 69.2 Å². The van der Waals surface area contributed by atoms with Gasteiger partial charge in [-0.25, -0.2) is 0 Å². The topological polar surface area (TPSA) is 71.0 Å². The predicted molar refractivity (Wildman–Crippen MR) is 113 cm³/mol. The third-order valence-corrected chi connectivity index (χ3v) is 11.1. The summed E-state index contributed by atoms with van der Waals surface area (Å²) in [5, 5.41) is 13.4. The SMILES string of the molecule is CCNC(=O)C1=C(OC)C(O)C=C2[C@@H](Br)C[C@@H](CO[Si](C)(C)C(C)(C)C)N21. The van der Waals surface area contributed by atoms with Gasteiger partial charge in [0.25, 0.3) is 5.91 Å². The number of aliphatic hydroxyl groups excluding tert-OH is 1. The van der Waals surface area contributed by atoms with E-state index in [1.54, 1.807) is 6.08 Å². The molecule has 3 atom stereocenters. The fourth-order valence-electron chi connectivity index (χ4n) is 3.17. The van der Waals surface area contributed by atoms with E-state index >= 15 is 0 Å². The molecule has 0 bridgehead atoms. The molecule has 0 aliphatic carbocycles. The average Bonchev–Trinajstić information content (AvgIpc) is 2.86.